The second kappa shape index (κ2) is 6.17. The van der Waals surface area contributed by atoms with E-state index in [4.69, 9.17) is 10.5 Å². The van der Waals surface area contributed by atoms with Gasteiger partial charge in [0.25, 0.3) is 0 Å². The first-order chi connectivity index (χ1) is 8.00. The highest BCUT2D eigenvalue weighted by atomic mass is 16.5. The van der Waals surface area contributed by atoms with Crippen LogP contribution >= 0.6 is 0 Å². The van der Waals surface area contributed by atoms with Crippen LogP contribution in [-0.4, -0.2) is 43.3 Å². The van der Waals surface area contributed by atoms with E-state index in [1.54, 1.807) is 7.11 Å². The van der Waals surface area contributed by atoms with Crippen LogP contribution in [-0.2, 0) is 4.74 Å². The van der Waals surface area contributed by atoms with E-state index in [1.165, 1.54) is 12.8 Å². The van der Waals surface area contributed by atoms with Gasteiger partial charge in [0.05, 0.1) is 6.61 Å². The molecule has 1 atom stereocenters. The molecule has 3 nitrogen and oxygen atoms in total. The lowest BCUT2D eigenvalue weighted by Crippen LogP contribution is -2.65. The molecule has 0 aromatic carbocycles. The Balaban J connectivity index is 2.66. The van der Waals surface area contributed by atoms with E-state index in [0.29, 0.717) is 6.04 Å². The van der Waals surface area contributed by atoms with Gasteiger partial charge in [-0.25, -0.2) is 0 Å². The van der Waals surface area contributed by atoms with Crippen molar-refractivity contribution in [1.29, 1.82) is 0 Å². The largest absolute Gasteiger partial charge is 0.383 e. The van der Waals surface area contributed by atoms with Gasteiger partial charge in [0, 0.05) is 25.2 Å². The highest BCUT2D eigenvalue weighted by Gasteiger charge is 2.48. The molecule has 102 valence electrons. The molecule has 0 radical (unpaired) electrons. The van der Waals surface area contributed by atoms with Crippen molar-refractivity contribution in [2.75, 3.05) is 26.8 Å². The fourth-order valence-electron chi connectivity index (χ4n) is 3.35. The number of ether oxygens (including phenoxy) is 1. The van der Waals surface area contributed by atoms with E-state index in [0.717, 1.165) is 31.5 Å². The molecule has 1 aliphatic rings. The summed E-state index contributed by atoms with van der Waals surface area (Å²) in [6.45, 7) is 11.7. The Hall–Kier alpha value is -0.120. The predicted octanol–water partition coefficient (Wildman–Crippen LogP) is 2.11. The van der Waals surface area contributed by atoms with Crippen molar-refractivity contribution in [3.63, 3.8) is 0 Å². The quantitative estimate of drug-likeness (QED) is 0.743. The van der Waals surface area contributed by atoms with Crippen LogP contribution in [0.2, 0.25) is 0 Å². The minimum absolute atomic E-state index is 0.238. The van der Waals surface area contributed by atoms with Crippen molar-refractivity contribution in [2.45, 2.75) is 52.1 Å². The molecule has 1 aliphatic carbocycles. The summed E-state index contributed by atoms with van der Waals surface area (Å²) in [6, 6.07) is 0.460. The van der Waals surface area contributed by atoms with E-state index >= 15 is 0 Å². The molecular formula is C14H30N2O. The first kappa shape index (κ1) is 14.9. The number of nitrogens with two attached hydrogens (primary N) is 1. The zero-order valence-electron chi connectivity index (χ0n) is 12.2. The van der Waals surface area contributed by atoms with Gasteiger partial charge in [-0.05, 0) is 38.1 Å². The van der Waals surface area contributed by atoms with Crippen molar-refractivity contribution in [3.8, 4) is 0 Å². The molecule has 0 aromatic heterocycles. The fourth-order valence-corrected chi connectivity index (χ4v) is 3.35. The second-order valence-corrected chi connectivity index (χ2v) is 5.93. The summed E-state index contributed by atoms with van der Waals surface area (Å²) in [5.41, 5.74) is 6.30. The standard InChI is InChI=1S/C14H30N2O/c1-6-16(12(4)9-17-5)14(10-15)7-13(8-14)11(2)3/h11-13H,6-10,15H2,1-5H3. The van der Waals surface area contributed by atoms with Crippen molar-refractivity contribution < 1.29 is 4.74 Å². The summed E-state index contributed by atoms with van der Waals surface area (Å²) in [5.74, 6) is 1.63. The molecule has 0 bridgehead atoms. The molecule has 1 saturated carbocycles. The first-order valence-electron chi connectivity index (χ1n) is 6.96. The van der Waals surface area contributed by atoms with Crippen molar-refractivity contribution in [2.24, 2.45) is 17.6 Å². The number of methoxy groups -OCH3 is 1. The molecule has 1 rings (SSSR count). The van der Waals surface area contributed by atoms with Gasteiger partial charge in [-0.1, -0.05) is 20.8 Å². The molecule has 0 saturated heterocycles. The molecule has 0 amide bonds. The molecule has 0 spiro atoms. The minimum atomic E-state index is 0.238. The maximum atomic E-state index is 6.06. The maximum absolute atomic E-state index is 6.06. The summed E-state index contributed by atoms with van der Waals surface area (Å²) in [7, 11) is 1.77. The molecule has 1 fully saturated rings. The van der Waals surface area contributed by atoms with Gasteiger partial charge in [0.1, 0.15) is 0 Å². The third kappa shape index (κ3) is 3.01. The summed E-state index contributed by atoms with van der Waals surface area (Å²) in [6.07, 6.45) is 2.51. The third-order valence-electron chi connectivity index (χ3n) is 4.50. The normalized spacial score (nSPS) is 30.7. The highest BCUT2D eigenvalue weighted by Crippen LogP contribution is 2.46. The van der Waals surface area contributed by atoms with Crippen LogP contribution < -0.4 is 5.73 Å². The van der Waals surface area contributed by atoms with Crippen LogP contribution in [0.4, 0.5) is 0 Å². The van der Waals surface area contributed by atoms with Crippen LogP contribution in [0.3, 0.4) is 0 Å². The second-order valence-electron chi connectivity index (χ2n) is 5.93. The zero-order chi connectivity index (χ0) is 13.1. The third-order valence-corrected chi connectivity index (χ3v) is 4.50. The van der Waals surface area contributed by atoms with Crippen LogP contribution in [0.1, 0.15) is 40.5 Å². The molecule has 0 heterocycles. The van der Waals surface area contributed by atoms with Crippen LogP contribution in [0.25, 0.3) is 0 Å². The van der Waals surface area contributed by atoms with E-state index < -0.39 is 0 Å². The minimum Gasteiger partial charge on any atom is -0.383 e. The molecule has 0 aliphatic heterocycles. The average Bonchev–Trinajstić information content (AvgIpc) is 2.22. The summed E-state index contributed by atoms with van der Waals surface area (Å²) < 4.78 is 5.29. The lowest BCUT2D eigenvalue weighted by Gasteiger charge is -2.57. The number of likely N-dealkylation sites (N-methyl/N-ethyl adjacent to an activating group) is 1. The molecule has 0 aromatic rings. The molecule has 3 heteroatoms. The average molecular weight is 242 g/mol. The topological polar surface area (TPSA) is 38.5 Å². The van der Waals surface area contributed by atoms with Crippen molar-refractivity contribution >= 4 is 0 Å². The van der Waals surface area contributed by atoms with Crippen molar-refractivity contribution in [1.82, 2.24) is 4.90 Å². The monoisotopic (exact) mass is 242 g/mol. The van der Waals surface area contributed by atoms with E-state index in [1.807, 2.05) is 0 Å². The molecule has 1 unspecified atom stereocenters. The van der Waals surface area contributed by atoms with E-state index in [9.17, 15) is 0 Å². The van der Waals surface area contributed by atoms with Crippen LogP contribution in [0.5, 0.6) is 0 Å². The smallest absolute Gasteiger partial charge is 0.0615 e. The number of hydrogen-bond donors (Lipinski definition) is 1. The van der Waals surface area contributed by atoms with Gasteiger partial charge in [0.15, 0.2) is 0 Å². The van der Waals surface area contributed by atoms with E-state index in [-0.39, 0.29) is 5.54 Å². The highest BCUT2D eigenvalue weighted by molar-refractivity contribution is 5.05. The number of nitrogens with zero attached hydrogens (tertiary/aromatic N) is 1. The SMILES string of the molecule is CCN(C(C)COC)C1(CN)CC(C(C)C)C1. The Morgan fingerprint density at radius 3 is 2.29 bits per heavy atom. The van der Waals surface area contributed by atoms with Crippen LogP contribution in [0.15, 0.2) is 0 Å². The Labute approximate surface area is 107 Å². The van der Waals surface area contributed by atoms with E-state index in [2.05, 4.69) is 32.6 Å². The van der Waals surface area contributed by atoms with Gasteiger partial charge in [-0.3, -0.25) is 4.90 Å². The summed E-state index contributed by atoms with van der Waals surface area (Å²) in [4.78, 5) is 2.55. The molecule has 2 N–H and O–H groups in total. The van der Waals surface area contributed by atoms with Gasteiger partial charge in [-0.15, -0.1) is 0 Å². The fraction of sp³-hybridized carbons (Fsp3) is 1.00. The van der Waals surface area contributed by atoms with Gasteiger partial charge in [0.2, 0.25) is 0 Å². The predicted molar refractivity (Wildman–Crippen MR) is 73.1 cm³/mol. The number of hydrogen-bond acceptors (Lipinski definition) is 3. The Morgan fingerprint density at radius 2 is 1.94 bits per heavy atom. The Morgan fingerprint density at radius 1 is 1.35 bits per heavy atom. The summed E-state index contributed by atoms with van der Waals surface area (Å²) in [5, 5.41) is 0. The van der Waals surface area contributed by atoms with Crippen molar-refractivity contribution in [3.05, 3.63) is 0 Å². The summed E-state index contributed by atoms with van der Waals surface area (Å²) >= 11 is 0. The molecule has 17 heavy (non-hydrogen) atoms. The first-order valence-corrected chi connectivity index (χ1v) is 6.96. The Kier molecular flexibility index (Phi) is 5.42. The maximum Gasteiger partial charge on any atom is 0.0615 e. The lowest BCUT2D eigenvalue weighted by molar-refractivity contribution is -0.0665. The van der Waals surface area contributed by atoms with Gasteiger partial charge < -0.3 is 10.5 Å². The Bertz CT molecular complexity index is 224. The van der Waals surface area contributed by atoms with Crippen LogP contribution in [0, 0.1) is 11.8 Å². The molecular weight excluding hydrogens is 212 g/mol. The lowest BCUT2D eigenvalue weighted by atomic mass is 9.62. The van der Waals surface area contributed by atoms with Gasteiger partial charge >= 0.3 is 0 Å². The number of rotatable bonds is 7. The van der Waals surface area contributed by atoms with Gasteiger partial charge in [-0.2, -0.15) is 0 Å². The zero-order valence-corrected chi connectivity index (χ0v) is 12.2.